The van der Waals surface area contributed by atoms with Gasteiger partial charge in [0, 0.05) is 24.3 Å². The molecule has 43 heavy (non-hydrogen) atoms. The molecule has 10 atom stereocenters. The maximum atomic E-state index is 10.7. The topological polar surface area (TPSA) is 271 Å². The second kappa shape index (κ2) is 11.8. The summed E-state index contributed by atoms with van der Waals surface area (Å²) in [4.78, 5) is 0. The highest BCUT2D eigenvalue weighted by molar-refractivity contribution is 5.88. The van der Waals surface area contributed by atoms with E-state index in [2.05, 4.69) is 0 Å². The number of phenolic OH excluding ortho intramolecular Hbond substituents is 5. The van der Waals surface area contributed by atoms with Crippen molar-refractivity contribution < 1.29 is 79.5 Å². The number of hydrogen-bond acceptors (Lipinski definition) is 15. The van der Waals surface area contributed by atoms with E-state index in [0.29, 0.717) is 0 Å². The van der Waals surface area contributed by atoms with Gasteiger partial charge in [0.25, 0.3) is 0 Å². The van der Waals surface area contributed by atoms with Crippen LogP contribution in [0.1, 0.15) is 6.92 Å². The number of rotatable bonds is 6. The van der Waals surface area contributed by atoms with Crippen LogP contribution >= 0.6 is 0 Å². The van der Waals surface area contributed by atoms with Gasteiger partial charge in [0.15, 0.2) is 23.5 Å². The summed E-state index contributed by atoms with van der Waals surface area (Å²) >= 11 is 0. The van der Waals surface area contributed by atoms with Gasteiger partial charge in [-0.25, -0.2) is 4.42 Å². The van der Waals surface area contributed by atoms with E-state index < -0.39 is 91.0 Å². The van der Waals surface area contributed by atoms with Crippen LogP contribution in [-0.2, 0) is 14.2 Å². The Kier molecular flexibility index (Phi) is 8.41. The molecule has 3 aromatic rings. The molecule has 3 heterocycles. The summed E-state index contributed by atoms with van der Waals surface area (Å²) in [5, 5.41) is 112. The fourth-order valence-electron chi connectivity index (χ4n) is 4.83. The number of aliphatic hydroxyl groups excluding tert-OH is 6. The number of fused-ring (bicyclic) bond motifs is 1. The Morgan fingerprint density at radius 1 is 0.698 bits per heavy atom. The van der Waals surface area contributed by atoms with Gasteiger partial charge in [-0.3, -0.25) is 0 Å². The molecule has 2 fully saturated rings. The Morgan fingerprint density at radius 3 is 2.00 bits per heavy atom. The molecule has 0 bridgehead atoms. The van der Waals surface area contributed by atoms with Crippen LogP contribution in [0.3, 0.4) is 0 Å². The van der Waals surface area contributed by atoms with Crippen molar-refractivity contribution in [3.63, 3.8) is 0 Å². The van der Waals surface area contributed by atoms with Gasteiger partial charge < -0.3 is 75.1 Å². The number of ether oxygens (including phenoxy) is 4. The lowest BCUT2D eigenvalue weighted by Gasteiger charge is -2.42. The third kappa shape index (κ3) is 5.79. The van der Waals surface area contributed by atoms with E-state index in [-0.39, 0.29) is 33.8 Å². The second-order valence-electron chi connectivity index (χ2n) is 10.3. The minimum atomic E-state index is -1.88. The normalized spacial score (nSPS) is 33.0. The van der Waals surface area contributed by atoms with Crippen LogP contribution in [0.5, 0.6) is 34.5 Å². The first-order valence-corrected chi connectivity index (χ1v) is 13.0. The van der Waals surface area contributed by atoms with Gasteiger partial charge in [-0.2, -0.15) is 0 Å². The van der Waals surface area contributed by atoms with Crippen LogP contribution in [0.15, 0.2) is 34.7 Å². The van der Waals surface area contributed by atoms with Gasteiger partial charge >= 0.3 is 11.3 Å². The van der Waals surface area contributed by atoms with E-state index in [1.807, 2.05) is 0 Å². The molecule has 16 nitrogen and oxygen atoms in total. The number of aliphatic hydroxyl groups is 6. The SMILES string of the molecule is C[C@@H]1O[C@@H](OC[C@H]2O[C@@H](Oc3cc4c(O)cc(O)cc4[o+]c3-c3cc(O)c(O)c(O)c3)[C@H](O)[C@@H](O)[C@@H]2O)[C@H](O)[C@H](O)[C@H]1O. The van der Waals surface area contributed by atoms with Gasteiger partial charge in [-0.15, -0.1) is 0 Å². The van der Waals surface area contributed by atoms with Crippen LogP contribution in [0, 0.1) is 0 Å². The number of hydrogen-bond donors (Lipinski definition) is 11. The minimum absolute atomic E-state index is 0.00726. The third-order valence-corrected chi connectivity index (χ3v) is 7.29. The summed E-state index contributed by atoms with van der Waals surface area (Å²) in [5.41, 5.74) is -0.150. The molecule has 2 saturated heterocycles. The molecule has 11 N–H and O–H groups in total. The quantitative estimate of drug-likeness (QED) is 0.117. The zero-order valence-electron chi connectivity index (χ0n) is 22.3. The summed E-state index contributed by atoms with van der Waals surface area (Å²) in [7, 11) is 0. The standard InChI is InChI=1S/C27H30O16/c1-8-18(32)21(35)23(37)26(40-8)39-7-17-20(34)22(36)24(38)27(43-17)42-16-6-11-12(29)4-10(28)5-15(11)41-25(16)9-2-13(30)19(33)14(31)3-9/h2-6,8,17-18,20-24,26-27,32,34-38H,7H2,1H3,(H4-,28,29,30,31,33)/p+1/t8-,17+,18-,20+,21+,22-,23+,24+,26+,27+/m0/s1. The van der Waals surface area contributed by atoms with Crippen molar-refractivity contribution in [3.05, 3.63) is 30.3 Å². The van der Waals surface area contributed by atoms with Crippen LogP contribution < -0.4 is 4.74 Å². The summed E-state index contributed by atoms with van der Waals surface area (Å²) in [6, 6.07) is 5.39. The largest absolute Gasteiger partial charge is 0.507 e. The maximum absolute atomic E-state index is 10.7. The molecule has 0 unspecified atom stereocenters. The minimum Gasteiger partial charge on any atom is -0.507 e. The summed E-state index contributed by atoms with van der Waals surface area (Å²) in [5.74, 6) is -3.64. The van der Waals surface area contributed by atoms with Crippen LogP contribution in [0.25, 0.3) is 22.3 Å². The van der Waals surface area contributed by atoms with Crippen molar-refractivity contribution in [1.29, 1.82) is 0 Å². The average Bonchev–Trinajstić information content (AvgIpc) is 2.96. The van der Waals surface area contributed by atoms with Crippen molar-refractivity contribution in [3.8, 4) is 45.8 Å². The Hall–Kier alpha value is -3.71. The Morgan fingerprint density at radius 2 is 1.33 bits per heavy atom. The molecule has 0 radical (unpaired) electrons. The van der Waals surface area contributed by atoms with Crippen molar-refractivity contribution >= 4 is 11.0 Å². The van der Waals surface area contributed by atoms with Gasteiger partial charge in [-0.05, 0) is 6.92 Å². The molecule has 0 amide bonds. The third-order valence-electron chi connectivity index (χ3n) is 7.29. The van der Waals surface area contributed by atoms with E-state index in [1.165, 1.54) is 13.0 Å². The maximum Gasteiger partial charge on any atom is 0.402 e. The van der Waals surface area contributed by atoms with Gasteiger partial charge in [0.1, 0.15) is 59.6 Å². The molecule has 16 heteroatoms. The summed E-state index contributed by atoms with van der Waals surface area (Å²) in [6.07, 6.45) is -15.6. The monoisotopic (exact) mass is 611 g/mol. The first kappa shape index (κ1) is 30.7. The number of phenols is 5. The van der Waals surface area contributed by atoms with Crippen molar-refractivity contribution in [2.24, 2.45) is 0 Å². The second-order valence-corrected chi connectivity index (χ2v) is 10.3. The molecule has 234 valence electrons. The van der Waals surface area contributed by atoms with Crippen LogP contribution in [0.4, 0.5) is 0 Å². The summed E-state index contributed by atoms with van der Waals surface area (Å²) < 4.78 is 28.1. The molecular weight excluding hydrogens is 580 g/mol. The first-order chi connectivity index (χ1) is 20.3. The zero-order chi connectivity index (χ0) is 31.3. The van der Waals surface area contributed by atoms with E-state index >= 15 is 0 Å². The van der Waals surface area contributed by atoms with E-state index in [4.69, 9.17) is 23.4 Å². The van der Waals surface area contributed by atoms with Gasteiger partial charge in [0.05, 0.1) is 24.3 Å². The van der Waals surface area contributed by atoms with Gasteiger partial charge in [0.2, 0.25) is 12.0 Å². The highest BCUT2D eigenvalue weighted by atomic mass is 16.7. The molecule has 1 aromatic heterocycles. The molecule has 5 rings (SSSR count). The zero-order valence-corrected chi connectivity index (χ0v) is 22.3. The highest BCUT2D eigenvalue weighted by Crippen LogP contribution is 2.45. The lowest BCUT2D eigenvalue weighted by molar-refractivity contribution is -0.318. The lowest BCUT2D eigenvalue weighted by atomic mass is 9.98. The first-order valence-electron chi connectivity index (χ1n) is 13.0. The van der Waals surface area contributed by atoms with Crippen molar-refractivity contribution in [1.82, 2.24) is 0 Å². The predicted octanol–water partition coefficient (Wildman–Crippen LogP) is -1.06. The molecule has 0 saturated carbocycles. The molecule has 0 spiro atoms. The van der Waals surface area contributed by atoms with Crippen molar-refractivity contribution in [2.45, 2.75) is 68.3 Å². The number of aromatic hydroxyl groups is 5. The van der Waals surface area contributed by atoms with E-state index in [9.17, 15) is 56.2 Å². The summed E-state index contributed by atoms with van der Waals surface area (Å²) in [6.45, 7) is 0.877. The lowest BCUT2D eigenvalue weighted by Crippen LogP contribution is -2.61. The molecule has 0 aliphatic carbocycles. The van der Waals surface area contributed by atoms with E-state index in [1.54, 1.807) is 0 Å². The van der Waals surface area contributed by atoms with Crippen LogP contribution in [0.2, 0.25) is 0 Å². The molecular formula is C27H31O16+. The van der Waals surface area contributed by atoms with Crippen molar-refractivity contribution in [2.75, 3.05) is 6.61 Å². The fraction of sp³-hybridized carbons (Fsp3) is 0.444. The smallest absolute Gasteiger partial charge is 0.402 e. The Labute approximate surface area is 242 Å². The Balaban J connectivity index is 1.46. The highest BCUT2D eigenvalue weighted by Gasteiger charge is 2.48. The fourth-order valence-corrected chi connectivity index (χ4v) is 4.83. The predicted molar refractivity (Wildman–Crippen MR) is 140 cm³/mol. The number of benzene rings is 2. The van der Waals surface area contributed by atoms with Crippen LogP contribution in [-0.4, -0.2) is 124 Å². The molecule has 2 aliphatic rings. The van der Waals surface area contributed by atoms with Gasteiger partial charge in [-0.1, -0.05) is 0 Å². The molecule has 2 aromatic carbocycles. The molecule has 2 aliphatic heterocycles. The Bertz CT molecular complexity index is 1460. The van der Waals surface area contributed by atoms with E-state index in [0.717, 1.165) is 24.3 Å². The average molecular weight is 612 g/mol.